The molecule has 0 spiro atoms. The van der Waals surface area contributed by atoms with Gasteiger partial charge < -0.3 is 54.5 Å². The Bertz CT molecular complexity index is 587. The second-order valence-corrected chi connectivity index (χ2v) is 7.01. The van der Waals surface area contributed by atoms with E-state index in [1.807, 2.05) is 0 Å². The summed E-state index contributed by atoms with van der Waals surface area (Å²) in [6.45, 7) is -1.72. The van der Waals surface area contributed by atoms with Crippen molar-refractivity contribution in [2.24, 2.45) is 0 Å². The van der Waals surface area contributed by atoms with E-state index in [1.165, 1.54) is 0 Å². The standard InChI is InChI=1S/C12H22O14S.Na/c13-1-3-9(5(15)7(17)11(19)23-3)25-12-8(18)6(16)10(4(2-14)24-12)26-27(20,21)22;/h3-19H,1-2H2,(H,20,21,22);/q;+1/p-1/t3-,4-,5-,6-,7-,8-,9-,10-,11-,12+;/m1./s1. The normalized spacial score (nSPS) is 44.7. The molecule has 0 radical (unpaired) electrons. The number of hydrogen-bond donors (Lipinski definition) is 7. The molecule has 2 fully saturated rings. The molecule has 0 aliphatic carbocycles. The molecule has 2 rings (SSSR count). The molecule has 10 atom stereocenters. The molecule has 28 heavy (non-hydrogen) atoms. The molecule has 2 aliphatic heterocycles. The van der Waals surface area contributed by atoms with Gasteiger partial charge in [-0.05, 0) is 0 Å². The van der Waals surface area contributed by atoms with Crippen molar-refractivity contribution in [2.45, 2.75) is 61.4 Å². The molecule has 0 aromatic heterocycles. The zero-order valence-corrected chi connectivity index (χ0v) is 17.4. The first kappa shape index (κ1) is 26.5. The predicted molar refractivity (Wildman–Crippen MR) is 77.2 cm³/mol. The number of aliphatic hydroxyl groups is 7. The van der Waals surface area contributed by atoms with Gasteiger partial charge in [0.05, 0.1) is 13.2 Å². The monoisotopic (exact) mass is 444 g/mol. The van der Waals surface area contributed by atoms with Crippen LogP contribution in [0.25, 0.3) is 0 Å². The van der Waals surface area contributed by atoms with E-state index in [2.05, 4.69) is 4.18 Å². The van der Waals surface area contributed by atoms with E-state index in [0.717, 1.165) is 0 Å². The Labute approximate surface area is 181 Å². The van der Waals surface area contributed by atoms with Crippen molar-refractivity contribution in [1.29, 1.82) is 0 Å². The van der Waals surface area contributed by atoms with Crippen molar-refractivity contribution in [3.8, 4) is 0 Å². The molecule has 0 aromatic carbocycles. The van der Waals surface area contributed by atoms with Gasteiger partial charge in [-0.25, -0.2) is 8.42 Å². The summed E-state index contributed by atoms with van der Waals surface area (Å²) >= 11 is 0. The second kappa shape index (κ2) is 10.7. The maximum Gasteiger partial charge on any atom is 1.00 e. The zero-order chi connectivity index (χ0) is 20.5. The van der Waals surface area contributed by atoms with Crippen LogP contribution in [-0.2, 0) is 28.8 Å². The largest absolute Gasteiger partial charge is 1.00 e. The van der Waals surface area contributed by atoms with Crippen molar-refractivity contribution in [3.05, 3.63) is 0 Å². The fourth-order valence-corrected chi connectivity index (χ4v) is 3.32. The molecule has 160 valence electrons. The van der Waals surface area contributed by atoms with Crippen LogP contribution in [0, 0.1) is 0 Å². The van der Waals surface area contributed by atoms with Crippen molar-refractivity contribution in [2.75, 3.05) is 13.2 Å². The van der Waals surface area contributed by atoms with Crippen LogP contribution in [0.4, 0.5) is 0 Å². The fraction of sp³-hybridized carbons (Fsp3) is 1.00. The van der Waals surface area contributed by atoms with Crippen LogP contribution in [0.1, 0.15) is 0 Å². The SMILES string of the molecule is O=S(=O)([O-])O[C@H]1[C@H](O)[C@@H](O)[C@H](O[C@H]2[C@H](O)[C@@H](O)[C@H](O)O[C@@H]2CO)O[C@@H]1CO.[Na+]. The van der Waals surface area contributed by atoms with E-state index in [1.54, 1.807) is 0 Å². The molecule has 14 nitrogen and oxygen atoms in total. The van der Waals surface area contributed by atoms with Gasteiger partial charge in [0.1, 0.15) is 48.8 Å². The molecule has 0 bridgehead atoms. The number of hydrogen-bond acceptors (Lipinski definition) is 14. The second-order valence-electron chi connectivity index (χ2n) is 6.01. The van der Waals surface area contributed by atoms with Crippen LogP contribution in [0.5, 0.6) is 0 Å². The Balaban J connectivity index is 0.00000392. The topological polar surface area (TPSA) is 236 Å². The molecule has 0 aromatic rings. The Hall–Kier alpha value is 0.470. The summed E-state index contributed by atoms with van der Waals surface area (Å²) in [5.41, 5.74) is 0. The van der Waals surface area contributed by atoms with E-state index in [-0.39, 0.29) is 29.6 Å². The summed E-state index contributed by atoms with van der Waals surface area (Å²) in [6, 6.07) is 0. The minimum atomic E-state index is -5.31. The predicted octanol–water partition coefficient (Wildman–Crippen LogP) is -8.91. The van der Waals surface area contributed by atoms with Gasteiger partial charge in [0, 0.05) is 0 Å². The Kier molecular flexibility index (Phi) is 10.1. The van der Waals surface area contributed by atoms with Crippen molar-refractivity contribution >= 4 is 10.4 Å². The first-order valence-corrected chi connectivity index (χ1v) is 9.06. The van der Waals surface area contributed by atoms with Gasteiger partial charge in [-0.15, -0.1) is 0 Å². The van der Waals surface area contributed by atoms with Gasteiger partial charge in [-0.3, -0.25) is 4.18 Å². The van der Waals surface area contributed by atoms with Crippen molar-refractivity contribution < 1.29 is 96.7 Å². The van der Waals surface area contributed by atoms with E-state index < -0.39 is 85.0 Å². The fourth-order valence-electron chi connectivity index (χ4n) is 2.81. The summed E-state index contributed by atoms with van der Waals surface area (Å²) in [5, 5.41) is 67.7. The number of aliphatic hydroxyl groups excluding tert-OH is 7. The molecule has 0 saturated carbocycles. The molecular formula is C12H21NaO14S. The molecule has 7 N–H and O–H groups in total. The molecule has 0 unspecified atom stereocenters. The van der Waals surface area contributed by atoms with Gasteiger partial charge in [0.15, 0.2) is 12.6 Å². The first-order valence-electron chi connectivity index (χ1n) is 7.72. The Morgan fingerprint density at radius 2 is 1.32 bits per heavy atom. The summed E-state index contributed by atoms with van der Waals surface area (Å²) in [6.07, 6.45) is -17.8. The van der Waals surface area contributed by atoms with Crippen LogP contribution in [0.15, 0.2) is 0 Å². The maximum atomic E-state index is 10.7. The first-order chi connectivity index (χ1) is 12.5. The molecular weight excluding hydrogens is 423 g/mol. The van der Waals surface area contributed by atoms with Crippen LogP contribution in [-0.4, -0.2) is 123 Å². The maximum absolute atomic E-state index is 10.7. The minimum Gasteiger partial charge on any atom is -0.726 e. The van der Waals surface area contributed by atoms with Crippen LogP contribution in [0.2, 0.25) is 0 Å². The number of rotatable bonds is 6. The summed E-state index contributed by atoms with van der Waals surface area (Å²) in [5.74, 6) is 0. The zero-order valence-electron chi connectivity index (χ0n) is 14.6. The average molecular weight is 444 g/mol. The molecule has 16 heteroatoms. The summed E-state index contributed by atoms with van der Waals surface area (Å²) < 4.78 is 51.4. The average Bonchev–Trinajstić information content (AvgIpc) is 2.60. The molecule has 0 amide bonds. The van der Waals surface area contributed by atoms with Gasteiger partial charge in [-0.1, -0.05) is 0 Å². The van der Waals surface area contributed by atoms with Crippen LogP contribution >= 0.6 is 0 Å². The van der Waals surface area contributed by atoms with Crippen LogP contribution < -0.4 is 29.6 Å². The van der Waals surface area contributed by atoms with E-state index in [9.17, 15) is 48.7 Å². The summed E-state index contributed by atoms with van der Waals surface area (Å²) in [4.78, 5) is 0. The molecule has 2 saturated heterocycles. The Morgan fingerprint density at radius 3 is 1.82 bits per heavy atom. The minimum absolute atomic E-state index is 0. The summed E-state index contributed by atoms with van der Waals surface area (Å²) in [7, 11) is -5.31. The third kappa shape index (κ3) is 6.01. The van der Waals surface area contributed by atoms with Crippen molar-refractivity contribution in [3.63, 3.8) is 0 Å². The van der Waals surface area contributed by atoms with Crippen LogP contribution in [0.3, 0.4) is 0 Å². The van der Waals surface area contributed by atoms with Gasteiger partial charge in [0.2, 0.25) is 10.4 Å². The van der Waals surface area contributed by atoms with Crippen molar-refractivity contribution in [1.82, 2.24) is 0 Å². The van der Waals surface area contributed by atoms with Gasteiger partial charge in [0.25, 0.3) is 0 Å². The molecule has 2 aliphatic rings. The van der Waals surface area contributed by atoms with Gasteiger partial charge >= 0.3 is 29.6 Å². The van der Waals surface area contributed by atoms with Gasteiger partial charge in [-0.2, -0.15) is 0 Å². The Morgan fingerprint density at radius 1 is 0.821 bits per heavy atom. The quantitative estimate of drug-likeness (QED) is 0.114. The smallest absolute Gasteiger partial charge is 0.726 e. The van der Waals surface area contributed by atoms with E-state index in [0.29, 0.717) is 0 Å². The third-order valence-corrected chi connectivity index (χ3v) is 4.64. The van der Waals surface area contributed by atoms with E-state index in [4.69, 9.17) is 14.2 Å². The number of ether oxygens (including phenoxy) is 3. The molecule has 2 heterocycles. The van der Waals surface area contributed by atoms with E-state index >= 15 is 0 Å². The third-order valence-electron chi connectivity index (χ3n) is 4.18.